The molecule has 0 bridgehead atoms. The number of ether oxygens (including phenoxy) is 1. The fourth-order valence-electron chi connectivity index (χ4n) is 2.28. The van der Waals surface area contributed by atoms with Crippen LogP contribution in [0, 0.1) is 5.82 Å². The molecule has 1 aliphatic rings. The van der Waals surface area contributed by atoms with Crippen LogP contribution in [0.3, 0.4) is 0 Å². The van der Waals surface area contributed by atoms with E-state index < -0.39 is 15.7 Å². The molecule has 1 aromatic carbocycles. The molecule has 0 saturated carbocycles. The summed E-state index contributed by atoms with van der Waals surface area (Å²) in [6.45, 7) is -0.311. The molecule has 1 aliphatic heterocycles. The van der Waals surface area contributed by atoms with E-state index in [1.807, 2.05) is 0 Å². The van der Waals surface area contributed by atoms with Gasteiger partial charge < -0.3 is 20.5 Å². The van der Waals surface area contributed by atoms with Gasteiger partial charge in [-0.05, 0) is 18.6 Å². The summed E-state index contributed by atoms with van der Waals surface area (Å²) in [5.41, 5.74) is 0.411. The molecule has 1 saturated heterocycles. The van der Waals surface area contributed by atoms with Crippen molar-refractivity contribution < 1.29 is 27.4 Å². The number of nitrogens with one attached hydrogen (secondary N) is 2. The van der Waals surface area contributed by atoms with Crippen LogP contribution in [0.1, 0.15) is 6.42 Å². The van der Waals surface area contributed by atoms with Crippen molar-refractivity contribution in [3.05, 3.63) is 24.0 Å². The summed E-state index contributed by atoms with van der Waals surface area (Å²) in [6.07, 6.45) is 0.412. The van der Waals surface area contributed by atoms with Crippen molar-refractivity contribution in [1.82, 2.24) is 5.32 Å². The molecule has 7 nitrogen and oxygen atoms in total. The Morgan fingerprint density at radius 3 is 2.87 bits per heavy atom. The average Bonchev–Trinajstić information content (AvgIpc) is 2.83. The first kappa shape index (κ1) is 17.5. The normalized spacial score (nSPS) is 19.3. The lowest BCUT2D eigenvalue weighted by molar-refractivity contribution is -0.119. The van der Waals surface area contributed by atoms with E-state index in [4.69, 9.17) is 9.84 Å². The molecule has 2 rings (SSSR count). The molecule has 1 amide bonds. The molecule has 1 heterocycles. The number of benzene rings is 1. The summed E-state index contributed by atoms with van der Waals surface area (Å²) in [6, 6.07) is 3.43. The molecule has 0 unspecified atom stereocenters. The van der Waals surface area contributed by atoms with Gasteiger partial charge in [0.15, 0.2) is 9.84 Å². The number of anilines is 1. The van der Waals surface area contributed by atoms with Crippen molar-refractivity contribution >= 4 is 21.4 Å². The topological polar surface area (TPSA) is 105 Å². The maximum absolute atomic E-state index is 13.2. The van der Waals surface area contributed by atoms with E-state index in [0.717, 1.165) is 6.07 Å². The van der Waals surface area contributed by atoms with Crippen molar-refractivity contribution in [2.45, 2.75) is 12.5 Å². The van der Waals surface area contributed by atoms with E-state index in [-0.39, 0.29) is 49.0 Å². The molecular weight excluding hydrogens is 327 g/mol. The Labute approximate surface area is 133 Å². The van der Waals surface area contributed by atoms with Crippen LogP contribution in [0.25, 0.3) is 0 Å². The van der Waals surface area contributed by atoms with Gasteiger partial charge in [-0.2, -0.15) is 0 Å². The number of aliphatic hydroxyl groups is 1. The van der Waals surface area contributed by atoms with Crippen molar-refractivity contribution in [2.24, 2.45) is 0 Å². The summed E-state index contributed by atoms with van der Waals surface area (Å²) >= 11 is 0. The number of carbonyl (C=O) groups is 1. The number of hydrogen-bond donors (Lipinski definition) is 3. The quantitative estimate of drug-likeness (QED) is 0.637. The number of hydrogen-bond acceptors (Lipinski definition) is 6. The molecule has 0 aliphatic carbocycles. The van der Waals surface area contributed by atoms with Gasteiger partial charge in [-0.3, -0.25) is 4.79 Å². The van der Waals surface area contributed by atoms with E-state index in [1.54, 1.807) is 0 Å². The fraction of sp³-hybridized carbons (Fsp3) is 0.500. The monoisotopic (exact) mass is 346 g/mol. The molecule has 0 aromatic heterocycles. The summed E-state index contributed by atoms with van der Waals surface area (Å²) in [7, 11) is -3.05. The van der Waals surface area contributed by atoms with E-state index >= 15 is 0 Å². The van der Waals surface area contributed by atoms with Gasteiger partial charge in [0, 0.05) is 12.1 Å². The highest BCUT2D eigenvalue weighted by Crippen LogP contribution is 2.25. The molecule has 0 spiro atoms. The molecule has 1 atom stereocenters. The van der Waals surface area contributed by atoms with Crippen LogP contribution in [-0.2, 0) is 14.6 Å². The van der Waals surface area contributed by atoms with Gasteiger partial charge in [0.05, 0.1) is 30.3 Å². The summed E-state index contributed by atoms with van der Waals surface area (Å²) in [5, 5.41) is 14.2. The predicted octanol–water partition coefficient (Wildman–Crippen LogP) is -0.0880. The Kier molecular flexibility index (Phi) is 5.78. The number of carbonyl (C=O) groups excluding carboxylic acids is 1. The van der Waals surface area contributed by atoms with Gasteiger partial charge in [-0.1, -0.05) is 0 Å². The first-order chi connectivity index (χ1) is 10.9. The summed E-state index contributed by atoms with van der Waals surface area (Å²) < 4.78 is 41.1. The van der Waals surface area contributed by atoms with Gasteiger partial charge >= 0.3 is 0 Å². The molecule has 23 heavy (non-hydrogen) atoms. The zero-order valence-electron chi connectivity index (χ0n) is 12.4. The average molecular weight is 346 g/mol. The highest BCUT2D eigenvalue weighted by molar-refractivity contribution is 7.91. The van der Waals surface area contributed by atoms with Gasteiger partial charge in [-0.15, -0.1) is 0 Å². The smallest absolute Gasteiger partial charge is 0.239 e. The Hall–Kier alpha value is -1.87. The Morgan fingerprint density at radius 1 is 1.43 bits per heavy atom. The van der Waals surface area contributed by atoms with E-state index in [0.29, 0.717) is 12.1 Å². The maximum atomic E-state index is 13.2. The van der Waals surface area contributed by atoms with Crippen molar-refractivity contribution in [1.29, 1.82) is 0 Å². The predicted molar refractivity (Wildman–Crippen MR) is 82.7 cm³/mol. The van der Waals surface area contributed by atoms with E-state index in [2.05, 4.69) is 10.6 Å². The van der Waals surface area contributed by atoms with E-state index in [1.165, 1.54) is 12.1 Å². The number of amides is 1. The minimum atomic E-state index is -3.05. The Bertz CT molecular complexity index is 665. The number of aliphatic hydroxyl groups excluding tert-OH is 1. The van der Waals surface area contributed by atoms with Crippen LogP contribution in [0.15, 0.2) is 18.2 Å². The fourth-order valence-corrected chi connectivity index (χ4v) is 3.95. The van der Waals surface area contributed by atoms with Crippen LogP contribution in [0.5, 0.6) is 5.75 Å². The third-order valence-electron chi connectivity index (χ3n) is 3.33. The first-order valence-electron chi connectivity index (χ1n) is 7.16. The van der Waals surface area contributed by atoms with Crippen LogP contribution in [-0.4, -0.2) is 56.7 Å². The second-order valence-corrected chi connectivity index (χ2v) is 7.46. The Balaban J connectivity index is 1.88. The van der Waals surface area contributed by atoms with Gasteiger partial charge in [0.25, 0.3) is 0 Å². The van der Waals surface area contributed by atoms with Crippen molar-refractivity contribution in [2.75, 3.05) is 36.6 Å². The SMILES string of the molecule is O=C(CNc1ccc(F)cc1OCCO)N[C@@H]1CCS(=O)(=O)C1. The molecule has 128 valence electrons. The molecule has 3 N–H and O–H groups in total. The zero-order chi connectivity index (χ0) is 16.9. The molecule has 0 radical (unpaired) electrons. The van der Waals surface area contributed by atoms with Gasteiger partial charge in [-0.25, -0.2) is 12.8 Å². The van der Waals surface area contributed by atoms with Crippen molar-refractivity contribution in [3.8, 4) is 5.75 Å². The van der Waals surface area contributed by atoms with Crippen LogP contribution in [0.2, 0.25) is 0 Å². The largest absolute Gasteiger partial charge is 0.489 e. The standard InChI is InChI=1S/C14H19FN2O5S/c15-10-1-2-12(13(7-10)22-5-4-18)16-8-14(19)17-11-3-6-23(20,21)9-11/h1-2,7,11,16,18H,3-6,8-9H2,(H,17,19)/t11-/m1/s1. The molecule has 1 fully saturated rings. The second-order valence-electron chi connectivity index (χ2n) is 5.23. The third kappa shape index (κ3) is 5.36. The highest BCUT2D eigenvalue weighted by atomic mass is 32.2. The Morgan fingerprint density at radius 2 is 2.22 bits per heavy atom. The maximum Gasteiger partial charge on any atom is 0.239 e. The third-order valence-corrected chi connectivity index (χ3v) is 5.10. The molecular formula is C14H19FN2O5S. The zero-order valence-corrected chi connectivity index (χ0v) is 13.2. The number of sulfone groups is 1. The lowest BCUT2D eigenvalue weighted by atomic mass is 10.2. The van der Waals surface area contributed by atoms with E-state index in [9.17, 15) is 17.6 Å². The lowest BCUT2D eigenvalue weighted by Gasteiger charge is -2.14. The highest BCUT2D eigenvalue weighted by Gasteiger charge is 2.28. The van der Waals surface area contributed by atoms with Crippen LogP contribution in [0.4, 0.5) is 10.1 Å². The lowest BCUT2D eigenvalue weighted by Crippen LogP contribution is -2.39. The van der Waals surface area contributed by atoms with Crippen LogP contribution >= 0.6 is 0 Å². The molecule has 9 heteroatoms. The van der Waals surface area contributed by atoms with Crippen LogP contribution < -0.4 is 15.4 Å². The second kappa shape index (κ2) is 7.60. The molecule has 1 aromatic rings. The van der Waals surface area contributed by atoms with Gasteiger partial charge in [0.1, 0.15) is 18.2 Å². The summed E-state index contributed by atoms with van der Waals surface area (Å²) in [4.78, 5) is 11.9. The number of halogens is 1. The first-order valence-corrected chi connectivity index (χ1v) is 8.98. The minimum Gasteiger partial charge on any atom is -0.489 e. The summed E-state index contributed by atoms with van der Waals surface area (Å²) in [5.74, 6) is -0.619. The van der Waals surface area contributed by atoms with Gasteiger partial charge in [0.2, 0.25) is 5.91 Å². The van der Waals surface area contributed by atoms with Crippen molar-refractivity contribution in [3.63, 3.8) is 0 Å². The number of rotatable bonds is 7. The minimum absolute atomic E-state index is 0.00423.